The molecule has 4 nitrogen and oxygen atoms in total. The SMILES string of the molecule is c1ccc(-c2ccc(-c3nc(-c4ccc(-c5ccccc5)cc4)nc(-c4ccc5ccc6nc(-c7ccccc7)sc6c5c4)n3)cc2)cc1. The van der Waals surface area contributed by atoms with Crippen molar-refractivity contribution in [1.82, 2.24) is 19.9 Å². The van der Waals surface area contributed by atoms with Crippen molar-refractivity contribution in [2.45, 2.75) is 0 Å². The fourth-order valence-corrected chi connectivity index (χ4v) is 7.29. The first-order valence-corrected chi connectivity index (χ1v) is 17.0. The summed E-state index contributed by atoms with van der Waals surface area (Å²) in [5.41, 5.74) is 9.55. The summed E-state index contributed by atoms with van der Waals surface area (Å²) in [4.78, 5) is 20.1. The van der Waals surface area contributed by atoms with E-state index in [1.54, 1.807) is 11.3 Å². The van der Waals surface area contributed by atoms with Crippen molar-refractivity contribution in [1.29, 1.82) is 0 Å². The number of aromatic nitrogens is 4. The van der Waals surface area contributed by atoms with Crippen molar-refractivity contribution in [3.8, 4) is 67.0 Å². The predicted octanol–water partition coefficient (Wildman–Crippen LogP) is 11.6. The molecule has 0 spiro atoms. The van der Waals surface area contributed by atoms with Gasteiger partial charge in [-0.15, -0.1) is 11.3 Å². The average molecular weight is 645 g/mol. The summed E-state index contributed by atoms with van der Waals surface area (Å²) < 4.78 is 1.15. The summed E-state index contributed by atoms with van der Waals surface area (Å²) in [6.45, 7) is 0. The molecule has 0 atom stereocenters. The Balaban J connectivity index is 1.17. The lowest BCUT2D eigenvalue weighted by atomic mass is 10.0. The van der Waals surface area contributed by atoms with E-state index >= 15 is 0 Å². The minimum atomic E-state index is 0.631. The summed E-state index contributed by atoms with van der Waals surface area (Å²) in [5.74, 6) is 1.90. The molecule has 0 aliphatic heterocycles. The highest BCUT2D eigenvalue weighted by Crippen LogP contribution is 2.37. The van der Waals surface area contributed by atoms with Crippen LogP contribution in [0.3, 0.4) is 0 Å². The molecule has 0 unspecified atom stereocenters. The summed E-state index contributed by atoms with van der Waals surface area (Å²) in [6.07, 6.45) is 0. The molecule has 7 aromatic carbocycles. The quantitative estimate of drug-likeness (QED) is 0.181. The van der Waals surface area contributed by atoms with Crippen LogP contribution in [-0.4, -0.2) is 19.9 Å². The molecule has 9 aromatic rings. The highest BCUT2D eigenvalue weighted by molar-refractivity contribution is 7.22. The summed E-state index contributed by atoms with van der Waals surface area (Å²) >= 11 is 1.72. The Morgan fingerprint density at radius 3 is 1.27 bits per heavy atom. The first-order chi connectivity index (χ1) is 24.2. The zero-order valence-corrected chi connectivity index (χ0v) is 27.2. The van der Waals surface area contributed by atoms with Crippen molar-refractivity contribution in [2.75, 3.05) is 0 Å². The lowest BCUT2D eigenvalue weighted by Gasteiger charge is -2.10. The smallest absolute Gasteiger partial charge is 0.164 e. The standard InChI is InChI=1S/C44H28N4S/c1-4-10-29(11-5-1)31-16-21-34(22-17-31)41-46-42(35-23-18-32(19-24-35)30-12-6-2-7-13-30)48-43(47-41)37-25-20-33-26-27-39-40(38(33)28-37)49-44(45-39)36-14-8-3-9-15-36/h1-28H. The van der Waals surface area contributed by atoms with Crippen LogP contribution in [0.1, 0.15) is 0 Å². The van der Waals surface area contributed by atoms with E-state index in [-0.39, 0.29) is 0 Å². The van der Waals surface area contributed by atoms with Crippen LogP contribution in [-0.2, 0) is 0 Å². The topological polar surface area (TPSA) is 51.6 Å². The minimum Gasteiger partial charge on any atom is -0.236 e. The van der Waals surface area contributed by atoms with Gasteiger partial charge in [-0.2, -0.15) is 0 Å². The van der Waals surface area contributed by atoms with Crippen LogP contribution in [0.15, 0.2) is 170 Å². The van der Waals surface area contributed by atoms with E-state index in [9.17, 15) is 0 Å². The van der Waals surface area contributed by atoms with E-state index in [0.29, 0.717) is 17.5 Å². The number of fused-ring (bicyclic) bond motifs is 3. The summed E-state index contributed by atoms with van der Waals surface area (Å²) in [7, 11) is 0. The minimum absolute atomic E-state index is 0.631. The van der Waals surface area contributed by atoms with Crippen LogP contribution in [0, 0.1) is 0 Å². The zero-order chi connectivity index (χ0) is 32.6. The first-order valence-electron chi connectivity index (χ1n) is 16.2. The van der Waals surface area contributed by atoms with Gasteiger partial charge in [0.2, 0.25) is 0 Å². The molecule has 9 rings (SSSR count). The number of benzene rings is 7. The molecule has 0 amide bonds. The van der Waals surface area contributed by atoms with Crippen LogP contribution < -0.4 is 0 Å². The van der Waals surface area contributed by atoms with Crippen LogP contribution in [0.25, 0.3) is 88.0 Å². The normalized spacial score (nSPS) is 11.3. The van der Waals surface area contributed by atoms with Crippen molar-refractivity contribution in [2.24, 2.45) is 0 Å². The van der Waals surface area contributed by atoms with Gasteiger partial charge in [0, 0.05) is 27.6 Å². The fraction of sp³-hybridized carbons (Fsp3) is 0. The molecule has 0 fully saturated rings. The molecule has 0 radical (unpaired) electrons. The molecule has 5 heteroatoms. The maximum atomic E-state index is 5.07. The molecule has 0 aliphatic carbocycles. The zero-order valence-electron chi connectivity index (χ0n) is 26.4. The van der Waals surface area contributed by atoms with E-state index in [2.05, 4.69) is 152 Å². The average Bonchev–Trinajstić information content (AvgIpc) is 3.64. The Morgan fingerprint density at radius 1 is 0.327 bits per heavy atom. The van der Waals surface area contributed by atoms with Gasteiger partial charge in [-0.25, -0.2) is 19.9 Å². The third-order valence-electron chi connectivity index (χ3n) is 8.79. The second-order valence-electron chi connectivity index (χ2n) is 11.9. The van der Waals surface area contributed by atoms with E-state index in [1.807, 2.05) is 18.2 Å². The van der Waals surface area contributed by atoms with Crippen LogP contribution >= 0.6 is 11.3 Å². The number of thiazole rings is 1. The van der Waals surface area contributed by atoms with Gasteiger partial charge in [-0.1, -0.05) is 158 Å². The van der Waals surface area contributed by atoms with E-state index in [4.69, 9.17) is 19.9 Å². The molecule has 0 N–H and O–H groups in total. The van der Waals surface area contributed by atoms with Crippen LogP contribution in [0.5, 0.6) is 0 Å². The van der Waals surface area contributed by atoms with Crippen LogP contribution in [0.4, 0.5) is 0 Å². The predicted molar refractivity (Wildman–Crippen MR) is 203 cm³/mol. The monoisotopic (exact) mass is 644 g/mol. The van der Waals surface area contributed by atoms with E-state index in [0.717, 1.165) is 59.4 Å². The van der Waals surface area contributed by atoms with Gasteiger partial charge < -0.3 is 0 Å². The molecular weight excluding hydrogens is 617 g/mol. The Hall–Kier alpha value is -6.30. The van der Waals surface area contributed by atoms with Gasteiger partial charge >= 0.3 is 0 Å². The lowest BCUT2D eigenvalue weighted by Crippen LogP contribution is -2.00. The van der Waals surface area contributed by atoms with Gasteiger partial charge in [-0.05, 0) is 39.8 Å². The highest BCUT2D eigenvalue weighted by Gasteiger charge is 2.15. The molecule has 49 heavy (non-hydrogen) atoms. The van der Waals surface area contributed by atoms with Crippen molar-refractivity contribution < 1.29 is 0 Å². The number of rotatable bonds is 6. The molecule has 230 valence electrons. The molecule has 0 aliphatic rings. The lowest BCUT2D eigenvalue weighted by molar-refractivity contribution is 1.07. The Morgan fingerprint density at radius 2 is 0.735 bits per heavy atom. The molecular formula is C44H28N4S. The Bertz CT molecular complexity index is 2460. The number of hydrogen-bond donors (Lipinski definition) is 0. The van der Waals surface area contributed by atoms with Gasteiger partial charge in [0.25, 0.3) is 0 Å². The molecule has 0 saturated heterocycles. The molecule has 2 aromatic heterocycles. The van der Waals surface area contributed by atoms with Gasteiger partial charge in [-0.3, -0.25) is 0 Å². The third kappa shape index (κ3) is 5.67. The summed E-state index contributed by atoms with van der Waals surface area (Å²) in [6, 6.07) is 58.7. The Kier molecular flexibility index (Phi) is 7.30. The summed E-state index contributed by atoms with van der Waals surface area (Å²) in [5, 5.41) is 3.30. The molecule has 0 saturated carbocycles. The van der Waals surface area contributed by atoms with Crippen LogP contribution in [0.2, 0.25) is 0 Å². The Labute approximate surface area is 288 Å². The molecule has 0 bridgehead atoms. The maximum absolute atomic E-state index is 5.07. The van der Waals surface area contributed by atoms with Gasteiger partial charge in [0.1, 0.15) is 5.01 Å². The van der Waals surface area contributed by atoms with Crippen molar-refractivity contribution in [3.05, 3.63) is 170 Å². The first kappa shape index (κ1) is 28.9. The van der Waals surface area contributed by atoms with Gasteiger partial charge in [0.15, 0.2) is 17.5 Å². The number of nitrogens with zero attached hydrogens (tertiary/aromatic N) is 4. The van der Waals surface area contributed by atoms with Crippen molar-refractivity contribution in [3.63, 3.8) is 0 Å². The maximum Gasteiger partial charge on any atom is 0.164 e. The van der Waals surface area contributed by atoms with Gasteiger partial charge in [0.05, 0.1) is 10.2 Å². The molecule has 2 heterocycles. The van der Waals surface area contributed by atoms with E-state index in [1.165, 1.54) is 11.1 Å². The fourth-order valence-electron chi connectivity index (χ4n) is 6.20. The number of hydrogen-bond acceptors (Lipinski definition) is 5. The third-order valence-corrected chi connectivity index (χ3v) is 9.94. The van der Waals surface area contributed by atoms with E-state index < -0.39 is 0 Å². The highest BCUT2D eigenvalue weighted by atomic mass is 32.1. The second kappa shape index (κ2) is 12.4. The second-order valence-corrected chi connectivity index (χ2v) is 12.9. The largest absolute Gasteiger partial charge is 0.236 e. The van der Waals surface area contributed by atoms with Crippen molar-refractivity contribution >= 4 is 32.3 Å².